The minimum absolute atomic E-state index is 0.0130. The molecule has 0 bridgehead atoms. The van der Waals surface area contributed by atoms with Crippen LogP contribution in [0.3, 0.4) is 0 Å². The number of carbonyl (C=O) groups is 1. The molecule has 1 aliphatic rings. The summed E-state index contributed by atoms with van der Waals surface area (Å²) in [5.74, 6) is 1.50. The fourth-order valence-electron chi connectivity index (χ4n) is 4.18. The molecule has 0 radical (unpaired) electrons. The number of pyridine rings is 1. The summed E-state index contributed by atoms with van der Waals surface area (Å²) in [6.45, 7) is 2.48. The smallest absolute Gasteiger partial charge is 0.251 e. The quantitative estimate of drug-likeness (QED) is 0.384. The highest BCUT2D eigenvalue weighted by Gasteiger charge is 2.36. The number of nitrogens with zero attached hydrogens (tertiary/aromatic N) is 4. The third-order valence-electron chi connectivity index (χ3n) is 6.00. The molecule has 0 aliphatic heterocycles. The van der Waals surface area contributed by atoms with E-state index in [-0.39, 0.29) is 23.7 Å². The van der Waals surface area contributed by atoms with Crippen molar-refractivity contribution in [2.45, 2.75) is 31.7 Å². The summed E-state index contributed by atoms with van der Waals surface area (Å²) in [5, 5.41) is 12.5. The molecule has 0 unspecified atom stereocenters. The van der Waals surface area contributed by atoms with Gasteiger partial charge in [0.25, 0.3) is 5.91 Å². The van der Waals surface area contributed by atoms with Gasteiger partial charge < -0.3 is 10.1 Å². The van der Waals surface area contributed by atoms with Crippen LogP contribution in [0.2, 0.25) is 5.02 Å². The average Bonchev–Trinajstić information content (AvgIpc) is 3.26. The van der Waals surface area contributed by atoms with Gasteiger partial charge in [0.1, 0.15) is 23.1 Å². The largest absolute Gasteiger partial charge is 0.492 e. The van der Waals surface area contributed by atoms with Crippen LogP contribution in [0.15, 0.2) is 66.9 Å². The Morgan fingerprint density at radius 1 is 1.11 bits per heavy atom. The van der Waals surface area contributed by atoms with E-state index in [0.29, 0.717) is 47.3 Å². The minimum atomic E-state index is -0.373. The first-order valence-electron chi connectivity index (χ1n) is 11.4. The van der Waals surface area contributed by atoms with Gasteiger partial charge >= 0.3 is 0 Å². The predicted molar refractivity (Wildman–Crippen MR) is 130 cm³/mol. The van der Waals surface area contributed by atoms with Crippen molar-refractivity contribution in [3.8, 4) is 23.0 Å². The zero-order chi connectivity index (χ0) is 24.4. The van der Waals surface area contributed by atoms with E-state index in [4.69, 9.17) is 16.3 Å². The van der Waals surface area contributed by atoms with Crippen LogP contribution >= 0.6 is 11.6 Å². The SMILES string of the molecule is CCOc1ccc(-c2nnc(C3CC(NC(=O)c4ccc(F)cc4)C3)n2-c2ccccc2Cl)nc1. The average molecular weight is 492 g/mol. The Labute approximate surface area is 206 Å². The van der Waals surface area contributed by atoms with E-state index in [1.54, 1.807) is 6.20 Å². The third kappa shape index (κ3) is 4.74. The van der Waals surface area contributed by atoms with Crippen LogP contribution in [0.25, 0.3) is 17.2 Å². The maximum Gasteiger partial charge on any atom is 0.251 e. The lowest BCUT2D eigenvalue weighted by Crippen LogP contribution is -2.44. The molecular weight excluding hydrogens is 469 g/mol. The number of para-hydroxylation sites is 1. The van der Waals surface area contributed by atoms with Crippen LogP contribution < -0.4 is 10.1 Å². The lowest BCUT2D eigenvalue weighted by molar-refractivity contribution is 0.0907. The molecule has 2 aromatic carbocycles. The van der Waals surface area contributed by atoms with Crippen molar-refractivity contribution in [1.29, 1.82) is 0 Å². The van der Waals surface area contributed by atoms with Crippen LogP contribution in [-0.2, 0) is 0 Å². The van der Waals surface area contributed by atoms with E-state index in [9.17, 15) is 9.18 Å². The summed E-state index contributed by atoms with van der Waals surface area (Å²) < 4.78 is 20.6. The maximum atomic E-state index is 13.1. The Kier molecular flexibility index (Phi) is 6.46. The Morgan fingerprint density at radius 3 is 2.57 bits per heavy atom. The normalized spacial score (nSPS) is 17.0. The van der Waals surface area contributed by atoms with Gasteiger partial charge in [-0.05, 0) is 68.3 Å². The lowest BCUT2D eigenvalue weighted by Gasteiger charge is -2.35. The number of hydrogen-bond acceptors (Lipinski definition) is 5. The summed E-state index contributed by atoms with van der Waals surface area (Å²) in [5.41, 5.74) is 1.84. The Bertz CT molecular complexity index is 1330. The van der Waals surface area contributed by atoms with E-state index in [1.165, 1.54) is 24.3 Å². The van der Waals surface area contributed by atoms with Gasteiger partial charge in [0.15, 0.2) is 5.82 Å². The van der Waals surface area contributed by atoms with Crippen LogP contribution in [0, 0.1) is 5.82 Å². The van der Waals surface area contributed by atoms with Gasteiger partial charge in [-0.15, -0.1) is 10.2 Å². The number of benzene rings is 2. The summed E-state index contributed by atoms with van der Waals surface area (Å²) >= 11 is 6.56. The van der Waals surface area contributed by atoms with Crippen molar-refractivity contribution >= 4 is 17.5 Å². The first-order valence-corrected chi connectivity index (χ1v) is 11.8. The fourth-order valence-corrected chi connectivity index (χ4v) is 4.40. The van der Waals surface area contributed by atoms with Gasteiger partial charge in [0.05, 0.1) is 23.5 Å². The fraction of sp³-hybridized carbons (Fsp3) is 0.231. The molecule has 9 heteroatoms. The van der Waals surface area contributed by atoms with Crippen molar-refractivity contribution in [2.75, 3.05) is 6.61 Å². The first-order chi connectivity index (χ1) is 17.0. The number of rotatable bonds is 7. The number of halogens is 2. The van der Waals surface area contributed by atoms with Gasteiger partial charge in [-0.2, -0.15) is 0 Å². The second-order valence-corrected chi connectivity index (χ2v) is 8.73. The molecule has 1 N–H and O–H groups in total. The molecule has 7 nitrogen and oxygen atoms in total. The molecule has 2 heterocycles. The van der Waals surface area contributed by atoms with E-state index in [2.05, 4.69) is 20.5 Å². The predicted octanol–water partition coefficient (Wildman–Crippen LogP) is 5.20. The number of carbonyl (C=O) groups excluding carboxylic acids is 1. The van der Waals surface area contributed by atoms with Gasteiger partial charge in [-0.3, -0.25) is 9.36 Å². The second-order valence-electron chi connectivity index (χ2n) is 8.33. The summed E-state index contributed by atoms with van der Waals surface area (Å²) in [4.78, 5) is 17.0. The maximum absolute atomic E-state index is 13.1. The molecular formula is C26H23ClFN5O2. The molecule has 178 valence electrons. The number of amides is 1. The van der Waals surface area contributed by atoms with E-state index in [0.717, 1.165) is 11.5 Å². The standard InChI is InChI=1S/C26H23ClFN5O2/c1-2-35-20-11-12-22(29-15-20)25-32-31-24(33(25)23-6-4-3-5-21(23)27)17-13-19(14-17)30-26(34)16-7-9-18(28)10-8-16/h3-12,15,17,19H,2,13-14H2,1H3,(H,30,34). The van der Waals surface area contributed by atoms with Crippen LogP contribution in [0.4, 0.5) is 4.39 Å². The van der Waals surface area contributed by atoms with E-state index >= 15 is 0 Å². The Hall–Kier alpha value is -3.78. The van der Waals surface area contributed by atoms with Crippen molar-refractivity contribution in [3.63, 3.8) is 0 Å². The molecule has 1 fully saturated rings. The van der Waals surface area contributed by atoms with Crippen molar-refractivity contribution in [2.24, 2.45) is 0 Å². The molecule has 35 heavy (non-hydrogen) atoms. The van der Waals surface area contributed by atoms with E-state index < -0.39 is 0 Å². The van der Waals surface area contributed by atoms with Crippen LogP contribution in [-0.4, -0.2) is 38.3 Å². The van der Waals surface area contributed by atoms with Crippen LogP contribution in [0.1, 0.15) is 41.9 Å². The third-order valence-corrected chi connectivity index (χ3v) is 6.32. The molecule has 0 atom stereocenters. The molecule has 1 saturated carbocycles. The molecule has 0 saturated heterocycles. The first kappa shape index (κ1) is 23.0. The van der Waals surface area contributed by atoms with Crippen LogP contribution in [0.5, 0.6) is 5.75 Å². The zero-order valence-electron chi connectivity index (χ0n) is 19.0. The monoisotopic (exact) mass is 491 g/mol. The second kappa shape index (κ2) is 9.84. The Morgan fingerprint density at radius 2 is 1.89 bits per heavy atom. The molecule has 4 aromatic rings. The molecule has 0 spiro atoms. The number of nitrogens with one attached hydrogen (secondary N) is 1. The summed E-state index contributed by atoms with van der Waals surface area (Å²) in [7, 11) is 0. The Balaban J connectivity index is 1.39. The zero-order valence-corrected chi connectivity index (χ0v) is 19.7. The van der Waals surface area contributed by atoms with Gasteiger partial charge in [0.2, 0.25) is 0 Å². The topological polar surface area (TPSA) is 81.9 Å². The number of aromatic nitrogens is 4. The van der Waals surface area contributed by atoms with Gasteiger partial charge in [0, 0.05) is 17.5 Å². The summed E-state index contributed by atoms with van der Waals surface area (Å²) in [6.07, 6.45) is 3.06. The van der Waals surface area contributed by atoms with Gasteiger partial charge in [-0.1, -0.05) is 23.7 Å². The number of hydrogen-bond donors (Lipinski definition) is 1. The van der Waals surface area contributed by atoms with E-state index in [1.807, 2.05) is 47.9 Å². The minimum Gasteiger partial charge on any atom is -0.492 e. The molecule has 1 amide bonds. The summed E-state index contributed by atoms with van der Waals surface area (Å²) in [6, 6.07) is 16.7. The highest BCUT2D eigenvalue weighted by molar-refractivity contribution is 6.32. The van der Waals surface area contributed by atoms with Gasteiger partial charge in [-0.25, -0.2) is 9.37 Å². The number of ether oxygens (including phenoxy) is 1. The molecule has 5 rings (SSSR count). The molecule has 1 aliphatic carbocycles. The lowest BCUT2D eigenvalue weighted by atomic mass is 9.79. The highest BCUT2D eigenvalue weighted by Crippen LogP contribution is 2.39. The van der Waals surface area contributed by atoms with Crippen molar-refractivity contribution in [1.82, 2.24) is 25.1 Å². The molecule has 2 aromatic heterocycles. The van der Waals surface area contributed by atoms with Crippen molar-refractivity contribution in [3.05, 3.63) is 89.1 Å². The van der Waals surface area contributed by atoms with Crippen molar-refractivity contribution < 1.29 is 13.9 Å². The highest BCUT2D eigenvalue weighted by atomic mass is 35.5.